The normalized spacial score (nSPS) is 14.9. The van der Waals surface area contributed by atoms with Crippen molar-refractivity contribution in [1.29, 1.82) is 0 Å². The number of oxime groups is 1. The van der Waals surface area contributed by atoms with Crippen LogP contribution in [-0.4, -0.2) is 36.4 Å². The summed E-state index contributed by atoms with van der Waals surface area (Å²) < 4.78 is 5.37. The van der Waals surface area contributed by atoms with Crippen LogP contribution >= 0.6 is 11.6 Å². The van der Waals surface area contributed by atoms with Gasteiger partial charge >= 0.3 is 6.03 Å². The van der Waals surface area contributed by atoms with Crippen LogP contribution in [0.15, 0.2) is 78.0 Å². The van der Waals surface area contributed by atoms with Gasteiger partial charge in [-0.2, -0.15) is 0 Å². The molecule has 1 aliphatic rings. The molecule has 0 spiro atoms. The lowest BCUT2D eigenvalue weighted by Crippen LogP contribution is -2.40. The molecule has 0 aromatic heterocycles. The van der Waals surface area contributed by atoms with Gasteiger partial charge in [0.2, 0.25) is 0 Å². The molecule has 2 amide bonds. The molecule has 3 aromatic rings. The van der Waals surface area contributed by atoms with Crippen LogP contribution in [0.1, 0.15) is 23.1 Å². The van der Waals surface area contributed by atoms with Crippen molar-refractivity contribution in [2.24, 2.45) is 5.16 Å². The Kier molecular flexibility index (Phi) is 7.15. The van der Waals surface area contributed by atoms with Gasteiger partial charge in [-0.3, -0.25) is 0 Å². The minimum atomic E-state index is -0.258. The van der Waals surface area contributed by atoms with E-state index in [0.717, 1.165) is 16.8 Å². The fraction of sp³-hybridized carbons (Fsp3) is 0.231. The van der Waals surface area contributed by atoms with Crippen LogP contribution in [0.2, 0.25) is 5.02 Å². The SMILES string of the molecule is COc1ccccc1NC(=O)N(Cc1cccc(Cl)c1)CC1CC(c2ccc(C)cc2)=NO1. The van der Waals surface area contributed by atoms with E-state index in [0.29, 0.717) is 36.0 Å². The molecular formula is C26H26ClN3O3. The van der Waals surface area contributed by atoms with Crippen LogP contribution in [0.4, 0.5) is 10.5 Å². The lowest BCUT2D eigenvalue weighted by molar-refractivity contribution is 0.0608. The van der Waals surface area contributed by atoms with Crippen molar-refractivity contribution < 1.29 is 14.4 Å². The minimum absolute atomic E-state index is 0.246. The Hall–Kier alpha value is -3.51. The van der Waals surface area contributed by atoms with Gasteiger partial charge in [-0.05, 0) is 42.3 Å². The number of carbonyl (C=O) groups is 1. The minimum Gasteiger partial charge on any atom is -0.495 e. The Morgan fingerprint density at radius 2 is 1.94 bits per heavy atom. The second-order valence-corrected chi connectivity index (χ2v) is 8.41. The molecule has 0 bridgehead atoms. The largest absolute Gasteiger partial charge is 0.495 e. The zero-order valence-electron chi connectivity index (χ0n) is 18.6. The molecule has 4 rings (SSSR count). The summed E-state index contributed by atoms with van der Waals surface area (Å²) in [5.41, 5.74) is 4.63. The molecule has 7 heteroatoms. The summed E-state index contributed by atoms with van der Waals surface area (Å²) >= 11 is 6.17. The van der Waals surface area contributed by atoms with E-state index in [9.17, 15) is 4.79 Å². The lowest BCUT2D eigenvalue weighted by Gasteiger charge is -2.25. The average molecular weight is 464 g/mol. The molecule has 0 saturated heterocycles. The number of carbonyl (C=O) groups excluding carboxylic acids is 1. The van der Waals surface area contributed by atoms with Crippen LogP contribution in [0.25, 0.3) is 0 Å². The number of rotatable bonds is 7. The number of hydrogen-bond acceptors (Lipinski definition) is 4. The fourth-order valence-corrected chi connectivity index (χ4v) is 3.92. The molecular weight excluding hydrogens is 438 g/mol. The number of nitrogens with zero attached hydrogens (tertiary/aromatic N) is 2. The first-order valence-electron chi connectivity index (χ1n) is 10.7. The predicted molar refractivity (Wildman–Crippen MR) is 131 cm³/mol. The highest BCUT2D eigenvalue weighted by molar-refractivity contribution is 6.30. The molecule has 6 nitrogen and oxygen atoms in total. The number of methoxy groups -OCH3 is 1. The Morgan fingerprint density at radius 3 is 2.70 bits per heavy atom. The quantitative estimate of drug-likeness (QED) is 0.475. The van der Waals surface area contributed by atoms with Crippen molar-refractivity contribution in [1.82, 2.24) is 4.90 Å². The molecule has 3 aromatic carbocycles. The molecule has 1 N–H and O–H groups in total. The smallest absolute Gasteiger partial charge is 0.322 e. The highest BCUT2D eigenvalue weighted by atomic mass is 35.5. The fourth-order valence-electron chi connectivity index (χ4n) is 3.71. The maximum Gasteiger partial charge on any atom is 0.322 e. The summed E-state index contributed by atoms with van der Waals surface area (Å²) in [4.78, 5) is 20.7. The van der Waals surface area contributed by atoms with E-state index in [4.69, 9.17) is 21.2 Å². The van der Waals surface area contributed by atoms with E-state index < -0.39 is 0 Å². The first kappa shape index (κ1) is 22.7. The van der Waals surface area contributed by atoms with Crippen molar-refractivity contribution in [2.75, 3.05) is 19.0 Å². The Balaban J connectivity index is 1.49. The molecule has 170 valence electrons. The number of halogens is 1. The molecule has 0 fully saturated rings. The number of urea groups is 1. The number of para-hydroxylation sites is 2. The third-order valence-corrected chi connectivity index (χ3v) is 5.68. The maximum atomic E-state index is 13.3. The standard InChI is InChI=1S/C26H26ClN3O3/c1-18-10-12-20(13-11-18)24-15-22(33-29-24)17-30(16-19-6-5-7-21(27)14-19)26(31)28-23-8-3-4-9-25(23)32-2/h3-14,22H,15-17H2,1-2H3,(H,28,31). The van der Waals surface area contributed by atoms with Crippen molar-refractivity contribution in [3.05, 3.63) is 94.5 Å². The summed E-state index contributed by atoms with van der Waals surface area (Å²) in [6.45, 7) is 2.79. The van der Waals surface area contributed by atoms with Gasteiger partial charge in [-0.25, -0.2) is 4.79 Å². The van der Waals surface area contributed by atoms with E-state index in [2.05, 4.69) is 22.6 Å². The molecule has 0 aliphatic carbocycles. The zero-order valence-corrected chi connectivity index (χ0v) is 19.4. The summed E-state index contributed by atoms with van der Waals surface area (Å²) in [6.07, 6.45) is 0.376. The number of ether oxygens (including phenoxy) is 1. The van der Waals surface area contributed by atoms with E-state index in [1.54, 1.807) is 24.1 Å². The molecule has 1 atom stereocenters. The highest BCUT2D eigenvalue weighted by Crippen LogP contribution is 2.25. The third kappa shape index (κ3) is 5.84. The number of hydrogen-bond donors (Lipinski definition) is 1. The summed E-state index contributed by atoms with van der Waals surface area (Å²) in [7, 11) is 1.57. The van der Waals surface area contributed by atoms with Crippen molar-refractivity contribution in [3.8, 4) is 5.75 Å². The van der Waals surface area contributed by atoms with Crippen molar-refractivity contribution >= 4 is 29.0 Å². The van der Waals surface area contributed by atoms with Gasteiger partial charge in [0, 0.05) is 18.0 Å². The Morgan fingerprint density at radius 1 is 1.15 bits per heavy atom. The third-order valence-electron chi connectivity index (χ3n) is 5.44. The van der Waals surface area contributed by atoms with E-state index in [1.165, 1.54) is 5.56 Å². The van der Waals surface area contributed by atoms with Gasteiger partial charge in [0.1, 0.15) is 5.75 Å². The Bertz CT molecular complexity index is 1150. The Labute approximate surface area is 198 Å². The van der Waals surface area contributed by atoms with Gasteiger partial charge < -0.3 is 19.8 Å². The molecule has 1 aliphatic heterocycles. The first-order valence-corrected chi connectivity index (χ1v) is 11.1. The first-order chi connectivity index (χ1) is 16.0. The van der Waals surface area contributed by atoms with E-state index in [1.807, 2.05) is 55.5 Å². The number of aryl methyl sites for hydroxylation is 1. The number of anilines is 1. The molecule has 33 heavy (non-hydrogen) atoms. The average Bonchev–Trinajstić information content (AvgIpc) is 3.28. The maximum absolute atomic E-state index is 13.3. The molecule has 1 unspecified atom stereocenters. The highest BCUT2D eigenvalue weighted by Gasteiger charge is 2.27. The summed E-state index contributed by atoms with van der Waals surface area (Å²) in [5.74, 6) is 0.593. The van der Waals surface area contributed by atoms with Gasteiger partial charge in [0.05, 0.1) is 25.1 Å². The number of benzene rings is 3. The van der Waals surface area contributed by atoms with Crippen LogP contribution in [-0.2, 0) is 11.4 Å². The van der Waals surface area contributed by atoms with Crippen molar-refractivity contribution in [3.63, 3.8) is 0 Å². The molecule has 0 saturated carbocycles. The zero-order chi connectivity index (χ0) is 23.2. The van der Waals surface area contributed by atoms with E-state index in [-0.39, 0.29) is 12.1 Å². The van der Waals surface area contributed by atoms with E-state index >= 15 is 0 Å². The second kappa shape index (κ2) is 10.4. The monoisotopic (exact) mass is 463 g/mol. The van der Waals surface area contributed by atoms with Gasteiger partial charge in [-0.1, -0.05) is 70.9 Å². The van der Waals surface area contributed by atoms with Crippen molar-refractivity contribution in [2.45, 2.75) is 26.0 Å². The van der Waals surface area contributed by atoms with Gasteiger partial charge in [-0.15, -0.1) is 0 Å². The summed E-state index contributed by atoms with van der Waals surface area (Å²) in [5, 5.41) is 7.86. The van der Waals surface area contributed by atoms with Gasteiger partial charge in [0.15, 0.2) is 6.10 Å². The van der Waals surface area contributed by atoms with Crippen LogP contribution in [0, 0.1) is 6.92 Å². The topological polar surface area (TPSA) is 63.2 Å². The lowest BCUT2D eigenvalue weighted by atomic mass is 10.0. The van der Waals surface area contributed by atoms with Crippen LogP contribution in [0.5, 0.6) is 5.75 Å². The predicted octanol–water partition coefficient (Wildman–Crippen LogP) is 5.88. The van der Waals surface area contributed by atoms with Crippen LogP contribution in [0.3, 0.4) is 0 Å². The van der Waals surface area contributed by atoms with Gasteiger partial charge in [0.25, 0.3) is 0 Å². The summed E-state index contributed by atoms with van der Waals surface area (Å²) in [6, 6.07) is 22.7. The molecule has 0 radical (unpaired) electrons. The number of nitrogens with one attached hydrogen (secondary N) is 1. The molecule has 1 heterocycles. The van der Waals surface area contributed by atoms with Crippen LogP contribution < -0.4 is 10.1 Å². The number of amides is 2. The second-order valence-electron chi connectivity index (χ2n) is 7.98.